The van der Waals surface area contributed by atoms with Crippen LogP contribution in [0.1, 0.15) is 54.7 Å². The summed E-state index contributed by atoms with van der Waals surface area (Å²) in [5, 5.41) is 29.7. The number of ether oxygens (including phenoxy) is 10. The topological polar surface area (TPSA) is 268 Å². The van der Waals surface area contributed by atoms with Gasteiger partial charge in [-0.15, -0.1) is 0 Å². The van der Waals surface area contributed by atoms with Crippen LogP contribution in [0.4, 0.5) is 5.69 Å². The molecule has 4 unspecified atom stereocenters. The molecule has 0 spiro atoms. The van der Waals surface area contributed by atoms with E-state index in [1.54, 1.807) is 120 Å². The van der Waals surface area contributed by atoms with Crippen LogP contribution in [0.2, 0.25) is 0 Å². The third-order valence-corrected chi connectivity index (χ3v) is 14.2. The number of piperazine rings is 1. The number of rotatable bonds is 24. The van der Waals surface area contributed by atoms with E-state index in [1.165, 1.54) is 48.2 Å². The fraction of sp³-hybridized carbons (Fsp3) is 0.333. The van der Waals surface area contributed by atoms with Gasteiger partial charge in [-0.2, -0.15) is 0 Å². The molecule has 6 aromatic carbocycles. The van der Waals surface area contributed by atoms with E-state index < -0.39 is 116 Å². The van der Waals surface area contributed by atoms with Crippen LogP contribution in [0.5, 0.6) is 5.75 Å². The number of nitro benzene ring substituents is 1. The maximum absolute atomic E-state index is 14.4. The predicted octanol–water partition coefficient (Wildman–Crippen LogP) is 6.30. The van der Waals surface area contributed by atoms with Gasteiger partial charge in [0.15, 0.2) is 37.1 Å². The Morgan fingerprint density at radius 3 is 1.62 bits per heavy atom. The van der Waals surface area contributed by atoms with Gasteiger partial charge in [0.05, 0.1) is 42.5 Å². The van der Waals surface area contributed by atoms with Crippen LogP contribution in [0, 0.1) is 61.6 Å². The minimum absolute atomic E-state index is 0. The fourth-order valence-electron chi connectivity index (χ4n) is 9.75. The summed E-state index contributed by atoms with van der Waals surface area (Å²) < 4.78 is 71.4. The quantitative estimate of drug-likeness (QED) is 0.0221. The second-order valence-electron chi connectivity index (χ2n) is 19.8. The maximum atomic E-state index is 14.4. The first-order valence-corrected chi connectivity index (χ1v) is 27.2. The van der Waals surface area contributed by atoms with Gasteiger partial charge in [0, 0.05) is 88.8 Å². The van der Waals surface area contributed by atoms with Crippen LogP contribution in [-0.2, 0) is 72.0 Å². The molecule has 0 aliphatic carbocycles. The minimum Gasteiger partial charge on any atom is -0.475 e. The van der Waals surface area contributed by atoms with Crippen LogP contribution in [0.15, 0.2) is 170 Å². The minimum atomic E-state index is -1.80. The molecule has 10 atom stereocenters. The van der Waals surface area contributed by atoms with Crippen molar-refractivity contribution in [2.45, 2.75) is 88.2 Å². The van der Waals surface area contributed by atoms with E-state index >= 15 is 0 Å². The number of aliphatic hydroxyl groups excluding tert-OH is 2. The summed E-state index contributed by atoms with van der Waals surface area (Å²) >= 11 is 0. The molecule has 3 fully saturated rings. The molecule has 2 amide bonds. The van der Waals surface area contributed by atoms with Gasteiger partial charge in [-0.05, 0) is 53.1 Å². The smallest absolute Gasteiger partial charge is 0.344 e. The molecule has 0 saturated carbocycles. The predicted molar refractivity (Wildman–Crippen MR) is 302 cm³/mol. The molecule has 1 radical (unpaired) electrons. The number of nitro groups is 1. The van der Waals surface area contributed by atoms with E-state index in [4.69, 9.17) is 53.9 Å². The standard InChI is InChI=1S/C62H63N3O19.CH3.Ac/c1-40(67)63-29-31-64(32-30-63)58(70)46-27-28-48(47(33-46)65(73)74)75-39-51(68)76-38-50-54(78-36-42-19-9-3-10-20-42)56(57(83-60(72)45-25-15-6-16-26-45)61(81-50)79-37-43-21-11-4-12-22-43)84-62-55(82-59(71)44-23-13-5-14-24-44)52(69)53(49(34-66)80-62)77-35-41-17-7-2-8-18-41;;/h2-28,33,49-50,52-57,61-62,66,69H,29-32,34-39H2,1H3;1H3;/q;-1;/t49?,50?,52-,53-,54-,55?,56-,57?,61+,62-;;/m0../s1/i66T;;. The Bertz CT molecular complexity index is 3170. The molecule has 2 N–H and O–H groups in total. The number of hydrogen-bond acceptors (Lipinski definition) is 19. The first-order valence-electron chi connectivity index (χ1n) is 27.6. The average molecular weight is 1400 g/mol. The molecule has 23 heteroatoms. The molecule has 6 aromatic rings. The molecule has 0 bridgehead atoms. The summed E-state index contributed by atoms with van der Waals surface area (Å²) in [5.41, 5.74) is 1.67. The van der Waals surface area contributed by atoms with Crippen molar-refractivity contribution in [3.63, 3.8) is 0 Å². The zero-order chi connectivity index (χ0) is 59.7. The number of carbonyl (C=O) groups excluding carboxylic acids is 5. The molecule has 3 aliphatic heterocycles. The van der Waals surface area contributed by atoms with Crippen molar-refractivity contribution in [3.8, 4) is 5.75 Å². The number of aliphatic hydroxyl groups is 2. The van der Waals surface area contributed by atoms with Crippen molar-refractivity contribution in [2.24, 2.45) is 0 Å². The van der Waals surface area contributed by atoms with Crippen molar-refractivity contribution >= 4 is 35.4 Å². The van der Waals surface area contributed by atoms with Crippen molar-refractivity contribution in [3.05, 3.63) is 221 Å². The van der Waals surface area contributed by atoms with E-state index in [-0.39, 0.29) is 113 Å². The summed E-state index contributed by atoms with van der Waals surface area (Å²) in [7, 11) is 0. The summed E-state index contributed by atoms with van der Waals surface area (Å²) in [6.07, 6.45) is -15.5. The van der Waals surface area contributed by atoms with E-state index in [0.717, 1.165) is 11.6 Å². The van der Waals surface area contributed by atoms with Crippen molar-refractivity contribution in [2.75, 3.05) is 46.0 Å². The Morgan fingerprint density at radius 1 is 0.605 bits per heavy atom. The normalized spacial score (nSPS) is 22.8. The van der Waals surface area contributed by atoms with Crippen LogP contribution in [-0.4, -0.2) is 164 Å². The summed E-state index contributed by atoms with van der Waals surface area (Å²) in [6, 6.07) is 46.5. The van der Waals surface area contributed by atoms with Gasteiger partial charge >= 0.3 is 23.6 Å². The molecule has 9 rings (SSSR count). The molecule has 0 aromatic heterocycles. The monoisotopic (exact) mass is 1400 g/mol. The van der Waals surface area contributed by atoms with E-state index in [1.807, 2.05) is 12.1 Å². The van der Waals surface area contributed by atoms with Crippen molar-refractivity contribution in [1.29, 1.82) is 1.43 Å². The third-order valence-electron chi connectivity index (χ3n) is 14.2. The molecule has 86 heavy (non-hydrogen) atoms. The van der Waals surface area contributed by atoms with Gasteiger partial charge in [-0.1, -0.05) is 127 Å². The zero-order valence-electron chi connectivity index (χ0n) is 48.2. The largest absolute Gasteiger partial charge is 0.475 e. The molecular weight excluding hydrogens is 1330 g/mol. The fourth-order valence-corrected chi connectivity index (χ4v) is 9.75. The van der Waals surface area contributed by atoms with Gasteiger partial charge in [0.25, 0.3) is 5.91 Å². The Labute approximate surface area is 534 Å². The Kier molecular flexibility index (Phi) is 24.7. The average Bonchev–Trinajstić information content (AvgIpc) is 1.84. The molecule has 3 saturated heterocycles. The van der Waals surface area contributed by atoms with Crippen LogP contribution < -0.4 is 4.74 Å². The van der Waals surface area contributed by atoms with Crippen LogP contribution in [0.25, 0.3) is 0 Å². The van der Waals surface area contributed by atoms with Gasteiger partial charge in [0.1, 0.15) is 43.2 Å². The van der Waals surface area contributed by atoms with Gasteiger partial charge in [0.2, 0.25) is 7.34 Å². The van der Waals surface area contributed by atoms with Crippen LogP contribution in [0.3, 0.4) is 0 Å². The third kappa shape index (κ3) is 17.6. The van der Waals surface area contributed by atoms with Crippen LogP contribution >= 0.6 is 0 Å². The van der Waals surface area contributed by atoms with Crippen molar-refractivity contribution in [1.82, 2.24) is 9.80 Å². The number of hydrogen-bond donors (Lipinski definition) is 2. The first kappa shape index (κ1) is 65.0. The van der Waals surface area contributed by atoms with E-state index in [9.17, 15) is 39.2 Å². The van der Waals surface area contributed by atoms with E-state index in [0.29, 0.717) is 24.2 Å². The van der Waals surface area contributed by atoms with Crippen molar-refractivity contribution < 1.29 is 131 Å². The summed E-state index contributed by atoms with van der Waals surface area (Å²) in [4.78, 5) is 82.3. The number of nitrogens with zero attached hydrogens (tertiary/aromatic N) is 3. The number of carbonyl (C=O) groups is 5. The number of amides is 2. The van der Waals surface area contributed by atoms with Gasteiger partial charge < -0.3 is 74.8 Å². The van der Waals surface area contributed by atoms with Gasteiger partial charge in [-0.25, -0.2) is 14.4 Å². The first-order chi connectivity index (χ1) is 41.3. The maximum Gasteiger partial charge on any atom is 0.344 e. The number of esters is 3. The second-order valence-corrected chi connectivity index (χ2v) is 19.8. The van der Waals surface area contributed by atoms with E-state index in [2.05, 4.69) is 0 Å². The molecule has 22 nitrogen and oxygen atoms in total. The Balaban J connectivity index is 0.00000541. The molecule has 3 heterocycles. The Hall–Kier alpha value is -7.01. The summed E-state index contributed by atoms with van der Waals surface area (Å²) in [5.74, 6) is -3.75. The SMILES string of the molecule is [3H]OCC1O[C@@H](O[C@@H]2C(OC(=O)c3ccccc3)[C@H](OCc3ccccc3)OC(COC(=O)COc3ccc(C(=O)N4CCN(C(C)=O)CC4)cc3[N+](=O)[O-])[C@@H]2OCc2ccccc2)C(OC(=O)c2ccccc2)[C@@H](O)[C@H]1OCc1ccccc1.[Ac].[CH3-]. The zero-order valence-corrected chi connectivity index (χ0v) is 52.0. The molecule has 451 valence electrons. The molecular formula is C63H66AcN3O19-. The number of benzene rings is 6. The molecule has 3 aliphatic rings. The Morgan fingerprint density at radius 2 is 1.09 bits per heavy atom. The summed E-state index contributed by atoms with van der Waals surface area (Å²) in [6.45, 7) is 0.149. The second kappa shape index (κ2) is 32.7. The van der Waals surface area contributed by atoms with Gasteiger partial charge in [-0.3, -0.25) is 19.7 Å².